The van der Waals surface area contributed by atoms with Crippen LogP contribution >= 0.6 is 0 Å². The predicted molar refractivity (Wildman–Crippen MR) is 138 cm³/mol. The van der Waals surface area contributed by atoms with E-state index in [0.717, 1.165) is 18.2 Å². The average Bonchev–Trinajstić information content (AvgIpc) is 2.86. The summed E-state index contributed by atoms with van der Waals surface area (Å²) in [5.74, 6) is -6.59. The third-order valence-corrected chi connectivity index (χ3v) is 8.12. The van der Waals surface area contributed by atoms with E-state index < -0.39 is 104 Å². The molecule has 0 aliphatic rings. The first-order valence-corrected chi connectivity index (χ1v) is 15.2. The molecule has 2 amide bonds. The summed E-state index contributed by atoms with van der Waals surface area (Å²) in [4.78, 5) is 22.6. The number of aromatic hydroxyl groups is 4. The third-order valence-electron chi connectivity index (χ3n) is 5.51. The average molecular weight is 649 g/mol. The van der Waals surface area contributed by atoms with Crippen LogP contribution in [0.4, 0.5) is 0 Å². The number of amides is 2. The summed E-state index contributed by atoms with van der Waals surface area (Å²) in [6.45, 7) is -1.13. The molecule has 9 N–H and O–H groups in total. The van der Waals surface area contributed by atoms with Gasteiger partial charge in [-0.05, 0) is 29.3 Å². The second-order valence-corrected chi connectivity index (χ2v) is 12.6. The molecular formula is C22H20N2O15S3. The second kappa shape index (κ2) is 11.4. The van der Waals surface area contributed by atoms with Crippen LogP contribution in [0.3, 0.4) is 0 Å². The Hall–Kier alpha value is -4.47. The van der Waals surface area contributed by atoms with E-state index in [2.05, 4.69) is 10.6 Å². The van der Waals surface area contributed by atoms with Crippen LogP contribution in [0.25, 0.3) is 0 Å². The molecule has 0 radical (unpaired) electrons. The van der Waals surface area contributed by atoms with Crippen molar-refractivity contribution < 1.29 is 68.9 Å². The predicted octanol–water partition coefficient (Wildman–Crippen LogP) is 0.109. The number of phenolic OH excluding ortho intramolecular Hbond substituents is 4. The van der Waals surface area contributed by atoms with Crippen molar-refractivity contribution in [2.45, 2.75) is 27.8 Å². The standard InChI is InChI=1S/C22H20N2O15S3/c25-16-6-12(40(31,32)33)4-14(19(16)27)21(29)23-8-10-1-2-18(42(37,38)39)11(3-10)9-24-22(30)15-5-13(41(34,35)36)7-17(26)20(15)28/h1-7,25-28H,8-9H2,(H,23,29)(H,24,30)(H,31,32,33)(H,34,35,36)(H,37,38,39). The highest BCUT2D eigenvalue weighted by Gasteiger charge is 2.24. The molecule has 0 aliphatic carbocycles. The van der Waals surface area contributed by atoms with Crippen LogP contribution in [-0.4, -0.2) is 71.2 Å². The van der Waals surface area contributed by atoms with Gasteiger partial charge in [-0.25, -0.2) is 0 Å². The first-order chi connectivity index (χ1) is 19.2. The maximum atomic E-state index is 12.6. The molecule has 3 aromatic carbocycles. The van der Waals surface area contributed by atoms with E-state index in [0.29, 0.717) is 24.3 Å². The van der Waals surface area contributed by atoms with Gasteiger partial charge >= 0.3 is 0 Å². The van der Waals surface area contributed by atoms with E-state index in [4.69, 9.17) is 4.55 Å². The van der Waals surface area contributed by atoms with Gasteiger partial charge in [0.2, 0.25) is 0 Å². The van der Waals surface area contributed by atoms with Gasteiger partial charge in [0, 0.05) is 25.2 Å². The Balaban J connectivity index is 1.88. The summed E-state index contributed by atoms with van der Waals surface area (Å²) >= 11 is 0. The van der Waals surface area contributed by atoms with E-state index in [1.165, 1.54) is 0 Å². The molecule has 42 heavy (non-hydrogen) atoms. The lowest BCUT2D eigenvalue weighted by Gasteiger charge is -2.13. The summed E-state index contributed by atoms with van der Waals surface area (Å²) < 4.78 is 97.1. The first kappa shape index (κ1) is 32.0. The maximum absolute atomic E-state index is 12.6. The fraction of sp³-hybridized carbons (Fsp3) is 0.0909. The normalized spacial score (nSPS) is 12.1. The molecule has 0 atom stereocenters. The molecule has 3 aromatic rings. The van der Waals surface area contributed by atoms with Crippen LogP contribution in [0, 0.1) is 0 Å². The molecule has 0 saturated heterocycles. The number of carbonyl (C=O) groups excluding carboxylic acids is 2. The van der Waals surface area contributed by atoms with Gasteiger partial charge in [0.25, 0.3) is 42.2 Å². The minimum atomic E-state index is -4.91. The fourth-order valence-electron chi connectivity index (χ4n) is 3.51. The molecule has 3 rings (SSSR count). The minimum Gasteiger partial charge on any atom is -0.504 e. The molecule has 17 nitrogen and oxygen atoms in total. The topological polar surface area (TPSA) is 302 Å². The Morgan fingerprint density at radius 1 is 0.595 bits per heavy atom. The van der Waals surface area contributed by atoms with Gasteiger partial charge in [-0.15, -0.1) is 0 Å². The lowest BCUT2D eigenvalue weighted by molar-refractivity contribution is 0.0939. The van der Waals surface area contributed by atoms with Crippen LogP contribution in [-0.2, 0) is 43.4 Å². The lowest BCUT2D eigenvalue weighted by atomic mass is 10.1. The van der Waals surface area contributed by atoms with Crippen molar-refractivity contribution >= 4 is 42.2 Å². The number of hydrogen-bond acceptors (Lipinski definition) is 12. The number of carbonyl (C=O) groups is 2. The first-order valence-electron chi connectivity index (χ1n) is 10.9. The molecule has 0 bridgehead atoms. The number of hydrogen-bond donors (Lipinski definition) is 9. The molecule has 0 saturated carbocycles. The van der Waals surface area contributed by atoms with Gasteiger partial charge in [0.1, 0.15) is 0 Å². The minimum absolute atomic E-state index is 0.114. The molecular weight excluding hydrogens is 628 g/mol. The number of nitrogens with one attached hydrogen (secondary N) is 2. The largest absolute Gasteiger partial charge is 0.504 e. The summed E-state index contributed by atoms with van der Waals surface area (Å²) in [5, 5.41) is 43.7. The SMILES string of the molecule is O=C(NCc1ccc(S(=O)(=O)O)c(CNC(=O)c2cc(S(=O)(=O)O)cc(O)c2O)c1)c1cc(S(=O)(=O)O)cc(O)c1O. The molecule has 0 fully saturated rings. The van der Waals surface area contributed by atoms with E-state index in [9.17, 15) is 64.4 Å². The second-order valence-electron chi connectivity index (χ2n) is 8.41. The Labute approximate surface area is 236 Å². The monoisotopic (exact) mass is 648 g/mol. The van der Waals surface area contributed by atoms with Crippen molar-refractivity contribution in [2.24, 2.45) is 0 Å². The highest BCUT2D eigenvalue weighted by atomic mass is 32.2. The summed E-state index contributed by atoms with van der Waals surface area (Å²) in [6, 6.07) is 5.17. The molecule has 20 heteroatoms. The summed E-state index contributed by atoms with van der Waals surface area (Å²) in [5.41, 5.74) is -1.75. The Morgan fingerprint density at radius 3 is 1.43 bits per heavy atom. The van der Waals surface area contributed by atoms with Crippen molar-refractivity contribution in [3.8, 4) is 23.0 Å². The molecule has 0 spiro atoms. The zero-order valence-electron chi connectivity index (χ0n) is 20.6. The third kappa shape index (κ3) is 7.23. The van der Waals surface area contributed by atoms with Crippen LogP contribution in [0.2, 0.25) is 0 Å². The zero-order valence-corrected chi connectivity index (χ0v) is 23.0. The van der Waals surface area contributed by atoms with Crippen LogP contribution in [0.5, 0.6) is 23.0 Å². The van der Waals surface area contributed by atoms with E-state index in [-0.39, 0.29) is 11.1 Å². The Kier molecular flexibility index (Phi) is 8.72. The van der Waals surface area contributed by atoms with E-state index in [1.54, 1.807) is 0 Å². The van der Waals surface area contributed by atoms with Gasteiger partial charge in [-0.3, -0.25) is 23.2 Å². The van der Waals surface area contributed by atoms with Crippen LogP contribution in [0.1, 0.15) is 31.8 Å². The van der Waals surface area contributed by atoms with Crippen LogP contribution < -0.4 is 10.6 Å². The lowest BCUT2D eigenvalue weighted by Crippen LogP contribution is -2.25. The van der Waals surface area contributed by atoms with Crippen molar-refractivity contribution in [3.63, 3.8) is 0 Å². The fourth-order valence-corrected chi connectivity index (χ4v) is 5.27. The van der Waals surface area contributed by atoms with Gasteiger partial charge in [-0.2, -0.15) is 25.3 Å². The smallest absolute Gasteiger partial charge is 0.294 e. The van der Waals surface area contributed by atoms with E-state index >= 15 is 0 Å². The van der Waals surface area contributed by atoms with Gasteiger partial charge in [0.15, 0.2) is 23.0 Å². The highest BCUT2D eigenvalue weighted by molar-refractivity contribution is 7.86. The van der Waals surface area contributed by atoms with Crippen molar-refractivity contribution in [2.75, 3.05) is 0 Å². The number of benzene rings is 3. The van der Waals surface area contributed by atoms with Crippen LogP contribution in [0.15, 0.2) is 57.2 Å². The van der Waals surface area contributed by atoms with Gasteiger partial charge < -0.3 is 31.1 Å². The molecule has 0 aromatic heterocycles. The van der Waals surface area contributed by atoms with Crippen molar-refractivity contribution in [1.82, 2.24) is 10.6 Å². The molecule has 0 aliphatic heterocycles. The number of rotatable bonds is 9. The Bertz CT molecular complexity index is 1940. The quantitative estimate of drug-likeness (QED) is 0.110. The highest BCUT2D eigenvalue weighted by Crippen LogP contribution is 2.33. The zero-order chi connectivity index (χ0) is 31.8. The number of phenols is 4. The molecule has 226 valence electrons. The summed E-state index contributed by atoms with van der Waals surface area (Å²) in [7, 11) is -14.7. The summed E-state index contributed by atoms with van der Waals surface area (Å²) in [6.07, 6.45) is 0. The van der Waals surface area contributed by atoms with Gasteiger partial charge in [-0.1, -0.05) is 12.1 Å². The van der Waals surface area contributed by atoms with E-state index in [1.807, 2.05) is 0 Å². The van der Waals surface area contributed by atoms with Crippen molar-refractivity contribution in [1.29, 1.82) is 0 Å². The van der Waals surface area contributed by atoms with Crippen molar-refractivity contribution in [3.05, 3.63) is 64.7 Å². The maximum Gasteiger partial charge on any atom is 0.294 e. The molecule has 0 heterocycles. The Morgan fingerprint density at radius 2 is 1.02 bits per heavy atom. The molecule has 0 unspecified atom stereocenters. The van der Waals surface area contributed by atoms with Gasteiger partial charge in [0.05, 0.1) is 25.8 Å².